The minimum atomic E-state index is -1.82. The summed E-state index contributed by atoms with van der Waals surface area (Å²) in [5.41, 5.74) is 1.51. The minimum absolute atomic E-state index is 0.0663. The number of methoxy groups -OCH3 is 3. The zero-order chi connectivity index (χ0) is 25.3. The van der Waals surface area contributed by atoms with Gasteiger partial charge in [-0.2, -0.15) is 0 Å². The van der Waals surface area contributed by atoms with E-state index in [-0.39, 0.29) is 11.7 Å². The molecule has 3 rings (SSSR count). The largest absolute Gasteiger partial charge is 0.493 e. The maximum atomic E-state index is 13.1. The molecule has 10 nitrogen and oxygen atoms in total. The van der Waals surface area contributed by atoms with E-state index in [4.69, 9.17) is 34.0 Å². The number of benzene rings is 2. The van der Waals surface area contributed by atoms with E-state index < -0.39 is 11.9 Å². The van der Waals surface area contributed by atoms with Gasteiger partial charge >= 0.3 is 11.9 Å². The zero-order valence-corrected chi connectivity index (χ0v) is 19.1. The summed E-state index contributed by atoms with van der Waals surface area (Å²) < 4.78 is 29.4. The summed E-state index contributed by atoms with van der Waals surface area (Å²) in [5, 5.41) is 14.8. The number of rotatable bonds is 6. The molecule has 1 heterocycles. The van der Waals surface area contributed by atoms with E-state index in [0.29, 0.717) is 42.4 Å². The van der Waals surface area contributed by atoms with Crippen molar-refractivity contribution in [3.63, 3.8) is 0 Å². The van der Waals surface area contributed by atoms with Crippen LogP contribution in [-0.2, 0) is 16.1 Å². The number of carboxylic acid groups (broad SMARTS) is 2. The first-order valence-corrected chi connectivity index (χ1v) is 10.2. The van der Waals surface area contributed by atoms with Crippen LogP contribution in [0.1, 0.15) is 15.9 Å². The van der Waals surface area contributed by atoms with Crippen LogP contribution in [0.15, 0.2) is 36.4 Å². The summed E-state index contributed by atoms with van der Waals surface area (Å²) in [4.78, 5) is 34.8. The lowest BCUT2D eigenvalue weighted by Gasteiger charge is -2.35. The van der Waals surface area contributed by atoms with Crippen molar-refractivity contribution >= 4 is 17.8 Å². The molecule has 0 spiro atoms. The van der Waals surface area contributed by atoms with Crippen molar-refractivity contribution in [2.24, 2.45) is 0 Å². The molecular weight excluding hydrogens is 451 g/mol. The number of amides is 1. The SMILES string of the molecule is COc1ccc(CN2CCN(C(=O)c3ccc(F)cc3)CC2)c(OC)c1OC.O=C(O)C(=O)O. The molecule has 0 atom stereocenters. The molecule has 1 fully saturated rings. The first kappa shape index (κ1) is 26.4. The third-order valence-electron chi connectivity index (χ3n) is 5.11. The van der Waals surface area contributed by atoms with E-state index >= 15 is 0 Å². The number of ether oxygens (including phenoxy) is 3. The average Bonchev–Trinajstić information content (AvgIpc) is 2.84. The Balaban J connectivity index is 0.000000604. The summed E-state index contributed by atoms with van der Waals surface area (Å²) >= 11 is 0. The smallest absolute Gasteiger partial charge is 0.414 e. The Morgan fingerprint density at radius 1 is 0.824 bits per heavy atom. The van der Waals surface area contributed by atoms with Crippen LogP contribution in [0.4, 0.5) is 4.39 Å². The second-order valence-corrected chi connectivity index (χ2v) is 7.18. The molecule has 11 heteroatoms. The van der Waals surface area contributed by atoms with Crippen molar-refractivity contribution in [2.75, 3.05) is 47.5 Å². The number of piperazine rings is 1. The highest BCUT2D eigenvalue weighted by molar-refractivity contribution is 6.27. The standard InChI is InChI=1S/C21H25FN2O4.C2H2O4/c1-26-18-9-6-16(19(27-2)20(18)28-3)14-23-10-12-24(13-11-23)21(25)15-4-7-17(22)8-5-15;3-1(4)2(5)6/h4-9H,10-14H2,1-3H3;(H,3,4)(H,5,6). The van der Waals surface area contributed by atoms with Gasteiger partial charge in [0.05, 0.1) is 21.3 Å². The number of hydrogen-bond donors (Lipinski definition) is 2. The molecule has 0 aliphatic carbocycles. The quantitative estimate of drug-likeness (QED) is 0.599. The van der Waals surface area contributed by atoms with Gasteiger partial charge in [0.2, 0.25) is 5.75 Å². The number of carbonyl (C=O) groups excluding carboxylic acids is 1. The molecule has 34 heavy (non-hydrogen) atoms. The highest BCUT2D eigenvalue weighted by Crippen LogP contribution is 2.40. The van der Waals surface area contributed by atoms with Crippen molar-refractivity contribution in [3.05, 3.63) is 53.3 Å². The molecule has 1 aliphatic heterocycles. The van der Waals surface area contributed by atoms with Gasteiger partial charge in [0.15, 0.2) is 11.5 Å². The topological polar surface area (TPSA) is 126 Å². The van der Waals surface area contributed by atoms with Crippen LogP contribution in [0.3, 0.4) is 0 Å². The van der Waals surface area contributed by atoms with Crippen molar-refractivity contribution in [2.45, 2.75) is 6.54 Å². The molecule has 1 saturated heterocycles. The van der Waals surface area contributed by atoms with Crippen molar-refractivity contribution in [1.29, 1.82) is 0 Å². The zero-order valence-electron chi connectivity index (χ0n) is 19.1. The Bertz CT molecular complexity index is 993. The summed E-state index contributed by atoms with van der Waals surface area (Å²) in [5.74, 6) is -2.20. The molecule has 1 amide bonds. The number of carboxylic acids is 2. The van der Waals surface area contributed by atoms with E-state index in [1.807, 2.05) is 12.1 Å². The molecule has 0 unspecified atom stereocenters. The molecule has 2 N–H and O–H groups in total. The van der Waals surface area contributed by atoms with Crippen molar-refractivity contribution in [1.82, 2.24) is 9.80 Å². The summed E-state index contributed by atoms with van der Waals surface area (Å²) in [7, 11) is 4.79. The van der Waals surface area contributed by atoms with Crippen LogP contribution in [0.2, 0.25) is 0 Å². The van der Waals surface area contributed by atoms with Gasteiger partial charge in [0.25, 0.3) is 5.91 Å². The fourth-order valence-electron chi connectivity index (χ4n) is 3.41. The van der Waals surface area contributed by atoms with Crippen molar-refractivity contribution < 1.29 is 43.2 Å². The Morgan fingerprint density at radius 2 is 1.38 bits per heavy atom. The van der Waals surface area contributed by atoms with Gasteiger partial charge in [-0.25, -0.2) is 14.0 Å². The highest BCUT2D eigenvalue weighted by atomic mass is 19.1. The van der Waals surface area contributed by atoms with Gasteiger partial charge in [-0.1, -0.05) is 6.07 Å². The first-order valence-electron chi connectivity index (χ1n) is 10.2. The third-order valence-corrected chi connectivity index (χ3v) is 5.11. The van der Waals surface area contributed by atoms with Crippen LogP contribution in [0.5, 0.6) is 17.2 Å². The number of carbonyl (C=O) groups is 3. The van der Waals surface area contributed by atoms with E-state index in [0.717, 1.165) is 18.7 Å². The second-order valence-electron chi connectivity index (χ2n) is 7.18. The third kappa shape index (κ3) is 6.82. The van der Waals surface area contributed by atoms with E-state index in [1.54, 1.807) is 26.2 Å². The molecule has 0 saturated carbocycles. The number of halogens is 1. The number of aliphatic carboxylic acids is 2. The van der Waals surface area contributed by atoms with Gasteiger partial charge in [-0.3, -0.25) is 9.69 Å². The predicted molar refractivity (Wildman–Crippen MR) is 119 cm³/mol. The summed E-state index contributed by atoms with van der Waals surface area (Å²) in [6, 6.07) is 9.51. The molecular formula is C23H27FN2O8. The lowest BCUT2D eigenvalue weighted by Crippen LogP contribution is -2.48. The summed E-state index contributed by atoms with van der Waals surface area (Å²) in [6.07, 6.45) is 0. The Hall–Kier alpha value is -3.86. The molecule has 184 valence electrons. The van der Waals surface area contributed by atoms with Gasteiger partial charge in [-0.05, 0) is 30.3 Å². The Labute approximate surface area is 196 Å². The van der Waals surface area contributed by atoms with Gasteiger partial charge in [0.1, 0.15) is 5.82 Å². The molecule has 0 bridgehead atoms. The number of nitrogens with zero attached hydrogens (tertiary/aromatic N) is 2. The van der Waals surface area contributed by atoms with Crippen LogP contribution in [-0.4, -0.2) is 85.4 Å². The van der Waals surface area contributed by atoms with Crippen LogP contribution < -0.4 is 14.2 Å². The molecule has 2 aromatic rings. The molecule has 1 aliphatic rings. The monoisotopic (exact) mass is 478 g/mol. The van der Waals surface area contributed by atoms with E-state index in [9.17, 15) is 9.18 Å². The maximum absolute atomic E-state index is 13.1. The Morgan fingerprint density at radius 3 is 1.85 bits per heavy atom. The second kappa shape index (κ2) is 12.4. The highest BCUT2D eigenvalue weighted by Gasteiger charge is 2.24. The maximum Gasteiger partial charge on any atom is 0.414 e. The van der Waals surface area contributed by atoms with Crippen LogP contribution >= 0.6 is 0 Å². The van der Waals surface area contributed by atoms with E-state index in [1.165, 1.54) is 24.3 Å². The molecule has 2 aromatic carbocycles. The minimum Gasteiger partial charge on any atom is -0.493 e. The normalized spacial score (nSPS) is 13.4. The van der Waals surface area contributed by atoms with Crippen molar-refractivity contribution in [3.8, 4) is 17.2 Å². The van der Waals surface area contributed by atoms with Crippen LogP contribution in [0, 0.1) is 5.82 Å². The summed E-state index contributed by atoms with van der Waals surface area (Å²) in [6.45, 7) is 3.40. The number of hydrogen-bond acceptors (Lipinski definition) is 7. The van der Waals surface area contributed by atoms with Gasteiger partial charge in [0, 0.05) is 43.9 Å². The Kier molecular flexibility index (Phi) is 9.62. The fraction of sp³-hybridized carbons (Fsp3) is 0.348. The average molecular weight is 478 g/mol. The molecule has 0 radical (unpaired) electrons. The lowest BCUT2D eigenvalue weighted by molar-refractivity contribution is -0.159. The van der Waals surface area contributed by atoms with Gasteiger partial charge in [-0.15, -0.1) is 0 Å². The first-order chi connectivity index (χ1) is 16.2. The predicted octanol–water partition coefficient (Wildman–Crippen LogP) is 1.97. The van der Waals surface area contributed by atoms with Crippen LogP contribution in [0.25, 0.3) is 0 Å². The lowest BCUT2D eigenvalue weighted by atomic mass is 10.1. The van der Waals surface area contributed by atoms with Gasteiger partial charge < -0.3 is 29.3 Å². The van der Waals surface area contributed by atoms with E-state index in [2.05, 4.69) is 4.90 Å². The fourth-order valence-corrected chi connectivity index (χ4v) is 3.41. The molecule has 0 aromatic heterocycles.